The van der Waals surface area contributed by atoms with Crippen LogP contribution < -0.4 is 5.32 Å². The second-order valence-corrected chi connectivity index (χ2v) is 3.64. The van der Waals surface area contributed by atoms with E-state index >= 15 is 0 Å². The van der Waals surface area contributed by atoms with Crippen molar-refractivity contribution in [2.24, 2.45) is 5.92 Å². The molecule has 1 rings (SSSR count). The van der Waals surface area contributed by atoms with Gasteiger partial charge >= 0.3 is 0 Å². The molecule has 1 heterocycles. The summed E-state index contributed by atoms with van der Waals surface area (Å²) in [6, 6.07) is 0.758. The summed E-state index contributed by atoms with van der Waals surface area (Å²) in [5.74, 6) is 0.780. The van der Waals surface area contributed by atoms with Crippen LogP contribution >= 0.6 is 0 Å². The van der Waals surface area contributed by atoms with Crippen LogP contribution in [0.3, 0.4) is 0 Å². The molecule has 0 saturated carbocycles. The van der Waals surface area contributed by atoms with Gasteiger partial charge in [0.2, 0.25) is 0 Å². The van der Waals surface area contributed by atoms with E-state index in [1.54, 1.807) is 0 Å². The molecule has 1 aliphatic heterocycles. The van der Waals surface area contributed by atoms with Gasteiger partial charge in [-0.2, -0.15) is 0 Å². The maximum absolute atomic E-state index is 3.44. The summed E-state index contributed by atoms with van der Waals surface area (Å²) in [6.45, 7) is 11.6. The highest BCUT2D eigenvalue weighted by Crippen LogP contribution is 2.11. The third-order valence-corrected chi connectivity index (χ3v) is 2.57. The van der Waals surface area contributed by atoms with Crippen molar-refractivity contribution in [2.45, 2.75) is 26.8 Å². The van der Waals surface area contributed by atoms with Crippen molar-refractivity contribution in [3.63, 3.8) is 0 Å². The first-order valence-electron chi connectivity index (χ1n) is 4.70. The zero-order chi connectivity index (χ0) is 8.27. The summed E-state index contributed by atoms with van der Waals surface area (Å²) in [5, 5.41) is 3.44. The maximum atomic E-state index is 3.44. The van der Waals surface area contributed by atoms with E-state index in [2.05, 4.69) is 31.0 Å². The molecule has 66 valence electrons. The Labute approximate surface area is 70.0 Å². The molecule has 0 aromatic rings. The lowest BCUT2D eigenvalue weighted by molar-refractivity contribution is 0.132. The minimum atomic E-state index is 0.758. The number of nitrogens with zero attached hydrogens (tertiary/aromatic N) is 1. The third kappa shape index (κ3) is 2.17. The van der Waals surface area contributed by atoms with Crippen LogP contribution in [0, 0.1) is 5.92 Å². The summed E-state index contributed by atoms with van der Waals surface area (Å²) < 4.78 is 0. The SMILES string of the molecule is CCN1CCNCC1C(C)C. The van der Waals surface area contributed by atoms with E-state index in [9.17, 15) is 0 Å². The van der Waals surface area contributed by atoms with Crippen LogP contribution in [-0.2, 0) is 0 Å². The molecule has 0 bridgehead atoms. The van der Waals surface area contributed by atoms with Crippen molar-refractivity contribution >= 4 is 0 Å². The van der Waals surface area contributed by atoms with Crippen molar-refractivity contribution < 1.29 is 0 Å². The van der Waals surface area contributed by atoms with Gasteiger partial charge < -0.3 is 5.32 Å². The number of rotatable bonds is 2. The molecular weight excluding hydrogens is 136 g/mol. The molecule has 0 radical (unpaired) electrons. The summed E-state index contributed by atoms with van der Waals surface area (Å²) in [5.41, 5.74) is 0. The summed E-state index contributed by atoms with van der Waals surface area (Å²) >= 11 is 0. The molecule has 0 aliphatic carbocycles. The molecule has 1 fully saturated rings. The zero-order valence-electron chi connectivity index (χ0n) is 7.93. The largest absolute Gasteiger partial charge is 0.314 e. The minimum absolute atomic E-state index is 0.758. The Morgan fingerprint density at radius 3 is 2.73 bits per heavy atom. The van der Waals surface area contributed by atoms with Crippen LogP contribution in [0.2, 0.25) is 0 Å². The van der Waals surface area contributed by atoms with Gasteiger partial charge in [0.1, 0.15) is 0 Å². The van der Waals surface area contributed by atoms with E-state index in [4.69, 9.17) is 0 Å². The number of nitrogens with one attached hydrogen (secondary N) is 1. The predicted molar refractivity (Wildman–Crippen MR) is 48.7 cm³/mol. The first-order chi connectivity index (χ1) is 5.25. The fourth-order valence-electron chi connectivity index (χ4n) is 1.82. The van der Waals surface area contributed by atoms with Gasteiger partial charge in [-0.15, -0.1) is 0 Å². The van der Waals surface area contributed by atoms with Gasteiger partial charge in [-0.3, -0.25) is 4.90 Å². The van der Waals surface area contributed by atoms with Crippen molar-refractivity contribution in [1.82, 2.24) is 10.2 Å². The Balaban J connectivity index is 2.44. The zero-order valence-corrected chi connectivity index (χ0v) is 7.93. The molecule has 1 aliphatic rings. The second kappa shape index (κ2) is 4.07. The normalized spacial score (nSPS) is 27.8. The first-order valence-corrected chi connectivity index (χ1v) is 4.70. The van der Waals surface area contributed by atoms with Crippen LogP contribution in [0.15, 0.2) is 0 Å². The Kier molecular flexibility index (Phi) is 3.34. The Morgan fingerprint density at radius 2 is 2.27 bits per heavy atom. The molecule has 1 unspecified atom stereocenters. The second-order valence-electron chi connectivity index (χ2n) is 3.64. The molecule has 0 amide bonds. The highest BCUT2D eigenvalue weighted by atomic mass is 15.2. The van der Waals surface area contributed by atoms with Crippen LogP contribution in [0.25, 0.3) is 0 Å². The Morgan fingerprint density at radius 1 is 1.55 bits per heavy atom. The minimum Gasteiger partial charge on any atom is -0.314 e. The topological polar surface area (TPSA) is 15.3 Å². The molecule has 1 N–H and O–H groups in total. The lowest BCUT2D eigenvalue weighted by atomic mass is 10.0. The fraction of sp³-hybridized carbons (Fsp3) is 1.00. The molecule has 1 saturated heterocycles. The highest BCUT2D eigenvalue weighted by molar-refractivity contribution is 4.80. The fourth-order valence-corrected chi connectivity index (χ4v) is 1.82. The van der Waals surface area contributed by atoms with E-state index < -0.39 is 0 Å². The van der Waals surface area contributed by atoms with Gasteiger partial charge in [-0.1, -0.05) is 20.8 Å². The van der Waals surface area contributed by atoms with Gasteiger partial charge in [0.15, 0.2) is 0 Å². The van der Waals surface area contributed by atoms with Crippen molar-refractivity contribution in [3.05, 3.63) is 0 Å². The number of piperazine rings is 1. The quantitative estimate of drug-likeness (QED) is 0.640. The highest BCUT2D eigenvalue weighted by Gasteiger charge is 2.22. The summed E-state index contributed by atoms with van der Waals surface area (Å²) in [6.07, 6.45) is 0. The average Bonchev–Trinajstić information content (AvgIpc) is 2.04. The van der Waals surface area contributed by atoms with E-state index in [1.807, 2.05) is 0 Å². The standard InChI is InChI=1S/C9H20N2/c1-4-11-6-5-10-7-9(11)8(2)3/h8-10H,4-7H2,1-3H3. The molecule has 0 aromatic heterocycles. The van der Waals surface area contributed by atoms with Gasteiger partial charge in [-0.05, 0) is 12.5 Å². The summed E-state index contributed by atoms with van der Waals surface area (Å²) in [4.78, 5) is 2.57. The molecule has 0 spiro atoms. The van der Waals surface area contributed by atoms with Crippen molar-refractivity contribution in [2.75, 3.05) is 26.2 Å². The number of hydrogen-bond acceptors (Lipinski definition) is 2. The maximum Gasteiger partial charge on any atom is 0.0244 e. The predicted octanol–water partition coefficient (Wildman–Crippen LogP) is 0.936. The van der Waals surface area contributed by atoms with Crippen molar-refractivity contribution in [1.29, 1.82) is 0 Å². The van der Waals surface area contributed by atoms with Crippen molar-refractivity contribution in [3.8, 4) is 0 Å². The number of likely N-dealkylation sites (N-methyl/N-ethyl adjacent to an activating group) is 1. The van der Waals surface area contributed by atoms with E-state index in [1.165, 1.54) is 19.6 Å². The van der Waals surface area contributed by atoms with E-state index in [0.717, 1.165) is 18.5 Å². The van der Waals surface area contributed by atoms with Gasteiger partial charge in [0, 0.05) is 25.7 Å². The average molecular weight is 156 g/mol. The molecule has 2 nitrogen and oxygen atoms in total. The monoisotopic (exact) mass is 156 g/mol. The summed E-state index contributed by atoms with van der Waals surface area (Å²) in [7, 11) is 0. The lowest BCUT2D eigenvalue weighted by Gasteiger charge is -2.37. The third-order valence-electron chi connectivity index (χ3n) is 2.57. The lowest BCUT2D eigenvalue weighted by Crippen LogP contribution is -2.53. The molecule has 1 atom stereocenters. The molecule has 2 heteroatoms. The van der Waals surface area contributed by atoms with Crippen LogP contribution in [-0.4, -0.2) is 37.1 Å². The van der Waals surface area contributed by atoms with Crippen LogP contribution in [0.4, 0.5) is 0 Å². The Bertz CT molecular complexity index is 112. The smallest absolute Gasteiger partial charge is 0.0244 e. The van der Waals surface area contributed by atoms with Gasteiger partial charge in [0.25, 0.3) is 0 Å². The Hall–Kier alpha value is -0.0800. The molecular formula is C9H20N2. The van der Waals surface area contributed by atoms with Crippen LogP contribution in [0.1, 0.15) is 20.8 Å². The van der Waals surface area contributed by atoms with Gasteiger partial charge in [0.05, 0.1) is 0 Å². The van der Waals surface area contributed by atoms with E-state index in [-0.39, 0.29) is 0 Å². The van der Waals surface area contributed by atoms with Gasteiger partial charge in [-0.25, -0.2) is 0 Å². The van der Waals surface area contributed by atoms with E-state index in [0.29, 0.717) is 0 Å². The number of hydrogen-bond donors (Lipinski definition) is 1. The van der Waals surface area contributed by atoms with Crippen LogP contribution in [0.5, 0.6) is 0 Å². The molecule has 0 aromatic carbocycles. The molecule has 11 heavy (non-hydrogen) atoms. The first kappa shape index (κ1) is 9.01.